The molecule has 2 aromatic rings. The summed E-state index contributed by atoms with van der Waals surface area (Å²) < 4.78 is 0. The molecule has 2 N–H and O–H groups in total. The summed E-state index contributed by atoms with van der Waals surface area (Å²) in [6, 6.07) is 5.99. The molecule has 1 aromatic carbocycles. The van der Waals surface area contributed by atoms with Gasteiger partial charge in [0.25, 0.3) is 0 Å². The Hall–Kier alpha value is -1.68. The van der Waals surface area contributed by atoms with Crippen LogP contribution in [-0.2, 0) is 6.54 Å². The number of aryl methyl sites for hydroxylation is 2. The van der Waals surface area contributed by atoms with Crippen LogP contribution in [0, 0.1) is 13.8 Å². The van der Waals surface area contributed by atoms with Crippen LogP contribution in [0.1, 0.15) is 17.0 Å². The average Bonchev–Trinajstić information content (AvgIpc) is 2.66. The molecule has 0 saturated carbocycles. The lowest BCUT2D eigenvalue weighted by Gasteiger charge is -2.15. The first-order chi connectivity index (χ1) is 8.99. The third kappa shape index (κ3) is 3.01. The van der Waals surface area contributed by atoms with E-state index in [0.717, 1.165) is 34.3 Å². The van der Waals surface area contributed by atoms with Crippen LogP contribution < -0.4 is 10.2 Å². The van der Waals surface area contributed by atoms with Crippen LogP contribution in [-0.4, -0.2) is 24.3 Å². The van der Waals surface area contributed by atoms with Crippen LogP contribution in [0.3, 0.4) is 0 Å². The summed E-state index contributed by atoms with van der Waals surface area (Å²) in [6.07, 6.45) is 0. The molecule has 0 amide bonds. The molecule has 0 atom stereocenters. The van der Waals surface area contributed by atoms with E-state index in [0.29, 0.717) is 0 Å². The Kier molecular flexibility index (Phi) is 4.00. The van der Waals surface area contributed by atoms with Gasteiger partial charge < -0.3 is 10.2 Å². The van der Waals surface area contributed by atoms with E-state index in [9.17, 15) is 0 Å². The summed E-state index contributed by atoms with van der Waals surface area (Å²) >= 11 is 6.25. The van der Waals surface area contributed by atoms with Crippen molar-refractivity contribution in [2.45, 2.75) is 20.4 Å². The fourth-order valence-electron chi connectivity index (χ4n) is 2.00. The minimum Gasteiger partial charge on any atom is -0.381 e. The van der Waals surface area contributed by atoms with Crippen LogP contribution in [0.5, 0.6) is 0 Å². The number of nitrogens with zero attached hydrogens (tertiary/aromatic N) is 2. The second-order valence-corrected chi connectivity index (χ2v) is 5.23. The van der Waals surface area contributed by atoms with Crippen LogP contribution in [0.25, 0.3) is 0 Å². The summed E-state index contributed by atoms with van der Waals surface area (Å²) in [6.45, 7) is 4.77. The largest absolute Gasteiger partial charge is 0.381 e. The third-order valence-corrected chi connectivity index (χ3v) is 3.48. The highest BCUT2D eigenvalue weighted by molar-refractivity contribution is 6.33. The first kappa shape index (κ1) is 13.7. The molecule has 0 spiro atoms. The molecular weight excluding hydrogens is 260 g/mol. The molecular formula is C14H19ClN4. The molecule has 0 aliphatic carbocycles. The zero-order chi connectivity index (χ0) is 14.0. The van der Waals surface area contributed by atoms with Gasteiger partial charge in [-0.1, -0.05) is 11.6 Å². The molecule has 2 rings (SSSR count). The highest BCUT2D eigenvalue weighted by Gasteiger charge is 2.07. The van der Waals surface area contributed by atoms with E-state index < -0.39 is 0 Å². The Morgan fingerprint density at radius 1 is 1.32 bits per heavy atom. The number of aromatic amines is 1. The zero-order valence-electron chi connectivity index (χ0n) is 11.7. The predicted octanol–water partition coefficient (Wildman–Crippen LogP) is 3.36. The van der Waals surface area contributed by atoms with Crippen LogP contribution in [0.4, 0.5) is 11.4 Å². The summed E-state index contributed by atoms with van der Waals surface area (Å²) in [5.74, 6) is 0. The quantitative estimate of drug-likeness (QED) is 0.901. The Morgan fingerprint density at radius 2 is 2.05 bits per heavy atom. The lowest BCUT2D eigenvalue weighted by molar-refractivity contribution is 1.02. The van der Waals surface area contributed by atoms with Crippen molar-refractivity contribution in [3.05, 3.63) is 40.2 Å². The fourth-order valence-corrected chi connectivity index (χ4v) is 2.35. The van der Waals surface area contributed by atoms with Gasteiger partial charge in [-0.05, 0) is 32.0 Å². The third-order valence-electron chi connectivity index (χ3n) is 3.18. The number of aromatic nitrogens is 2. The predicted molar refractivity (Wildman–Crippen MR) is 81.2 cm³/mol. The van der Waals surface area contributed by atoms with E-state index in [4.69, 9.17) is 11.6 Å². The second kappa shape index (κ2) is 5.53. The van der Waals surface area contributed by atoms with Crippen LogP contribution >= 0.6 is 11.6 Å². The van der Waals surface area contributed by atoms with Crippen molar-refractivity contribution in [3.8, 4) is 0 Å². The number of nitrogens with one attached hydrogen (secondary N) is 2. The number of rotatable bonds is 4. The summed E-state index contributed by atoms with van der Waals surface area (Å²) in [4.78, 5) is 2.00. The van der Waals surface area contributed by atoms with E-state index in [1.54, 1.807) is 0 Å². The van der Waals surface area contributed by atoms with Gasteiger partial charge in [-0.25, -0.2) is 0 Å². The molecule has 0 aliphatic heterocycles. The average molecular weight is 279 g/mol. The van der Waals surface area contributed by atoms with Crippen molar-refractivity contribution in [3.63, 3.8) is 0 Å². The van der Waals surface area contributed by atoms with Gasteiger partial charge in [0.05, 0.1) is 16.4 Å². The Balaban J connectivity index is 2.10. The molecule has 1 aromatic heterocycles. The Morgan fingerprint density at radius 3 is 2.58 bits per heavy atom. The zero-order valence-corrected chi connectivity index (χ0v) is 12.5. The maximum absolute atomic E-state index is 6.25. The topological polar surface area (TPSA) is 44.0 Å². The van der Waals surface area contributed by atoms with Gasteiger partial charge in [0.15, 0.2) is 0 Å². The van der Waals surface area contributed by atoms with Gasteiger partial charge in [-0.2, -0.15) is 5.10 Å². The first-order valence-corrected chi connectivity index (χ1v) is 6.58. The van der Waals surface area contributed by atoms with E-state index in [2.05, 4.69) is 15.5 Å². The number of hydrogen-bond acceptors (Lipinski definition) is 3. The molecule has 0 fully saturated rings. The van der Waals surface area contributed by atoms with Crippen molar-refractivity contribution >= 4 is 23.0 Å². The standard InChI is InChI=1S/C14H19ClN4/c1-9-12(10(2)18-17-9)8-16-11-5-6-14(19(3)4)13(15)7-11/h5-7,16H,8H2,1-4H3,(H,17,18). The normalized spacial score (nSPS) is 10.6. The Bertz CT molecular complexity index is 555. The molecule has 0 bridgehead atoms. The lowest BCUT2D eigenvalue weighted by atomic mass is 10.2. The van der Waals surface area contributed by atoms with Gasteiger partial charge in [-0.3, -0.25) is 5.10 Å². The summed E-state index contributed by atoms with van der Waals surface area (Å²) in [5, 5.41) is 11.3. The number of halogens is 1. The second-order valence-electron chi connectivity index (χ2n) is 4.83. The molecule has 0 saturated heterocycles. The molecule has 0 aliphatic rings. The van der Waals surface area contributed by atoms with Crippen LogP contribution in [0.2, 0.25) is 5.02 Å². The molecule has 1 heterocycles. The molecule has 5 heteroatoms. The van der Waals surface area contributed by atoms with Gasteiger partial charge in [-0.15, -0.1) is 0 Å². The van der Waals surface area contributed by atoms with Crippen molar-refractivity contribution in [1.82, 2.24) is 10.2 Å². The fraction of sp³-hybridized carbons (Fsp3) is 0.357. The van der Waals surface area contributed by atoms with E-state index in [1.165, 1.54) is 5.56 Å². The van der Waals surface area contributed by atoms with E-state index in [-0.39, 0.29) is 0 Å². The number of H-pyrrole nitrogens is 1. The van der Waals surface area contributed by atoms with Crippen molar-refractivity contribution in [1.29, 1.82) is 0 Å². The molecule has 102 valence electrons. The maximum atomic E-state index is 6.25. The smallest absolute Gasteiger partial charge is 0.0659 e. The van der Waals surface area contributed by atoms with Gasteiger partial charge in [0.2, 0.25) is 0 Å². The highest BCUT2D eigenvalue weighted by atomic mass is 35.5. The Labute approximate surface area is 118 Å². The minimum absolute atomic E-state index is 0.742. The van der Waals surface area contributed by atoms with E-state index in [1.807, 2.05) is 51.0 Å². The number of anilines is 2. The molecule has 0 unspecified atom stereocenters. The highest BCUT2D eigenvalue weighted by Crippen LogP contribution is 2.27. The van der Waals surface area contributed by atoms with Crippen molar-refractivity contribution < 1.29 is 0 Å². The van der Waals surface area contributed by atoms with E-state index >= 15 is 0 Å². The number of benzene rings is 1. The van der Waals surface area contributed by atoms with Gasteiger partial charge in [0, 0.05) is 37.6 Å². The summed E-state index contributed by atoms with van der Waals surface area (Å²) in [7, 11) is 3.96. The maximum Gasteiger partial charge on any atom is 0.0659 e. The lowest BCUT2D eigenvalue weighted by Crippen LogP contribution is -2.09. The minimum atomic E-state index is 0.742. The van der Waals surface area contributed by atoms with Crippen molar-refractivity contribution in [2.24, 2.45) is 0 Å². The van der Waals surface area contributed by atoms with Crippen molar-refractivity contribution in [2.75, 3.05) is 24.3 Å². The molecule has 4 nitrogen and oxygen atoms in total. The molecule has 19 heavy (non-hydrogen) atoms. The van der Waals surface area contributed by atoms with Crippen LogP contribution in [0.15, 0.2) is 18.2 Å². The molecule has 0 radical (unpaired) electrons. The summed E-state index contributed by atoms with van der Waals surface area (Å²) in [5.41, 5.74) is 5.35. The monoisotopic (exact) mass is 278 g/mol. The first-order valence-electron chi connectivity index (χ1n) is 6.20. The van der Waals surface area contributed by atoms with Gasteiger partial charge >= 0.3 is 0 Å². The number of hydrogen-bond donors (Lipinski definition) is 2. The van der Waals surface area contributed by atoms with Gasteiger partial charge in [0.1, 0.15) is 0 Å². The SMILES string of the molecule is Cc1n[nH]c(C)c1CNc1ccc(N(C)C)c(Cl)c1.